The van der Waals surface area contributed by atoms with Gasteiger partial charge in [-0.15, -0.1) is 5.10 Å². The molecule has 128 valence electrons. The summed E-state index contributed by atoms with van der Waals surface area (Å²) in [5.41, 5.74) is -0.810. The Hall–Kier alpha value is -2.22. The van der Waals surface area contributed by atoms with Crippen molar-refractivity contribution in [3.8, 4) is 0 Å². The molecule has 24 heavy (non-hydrogen) atoms. The van der Waals surface area contributed by atoms with E-state index in [9.17, 15) is 17.6 Å². The zero-order chi connectivity index (χ0) is 17.2. The summed E-state index contributed by atoms with van der Waals surface area (Å²) in [5.74, 6) is -0.117. The third kappa shape index (κ3) is 3.81. The van der Waals surface area contributed by atoms with Crippen LogP contribution >= 0.6 is 0 Å². The molecule has 1 fully saturated rings. The summed E-state index contributed by atoms with van der Waals surface area (Å²) in [6, 6.07) is 6.49. The lowest BCUT2D eigenvalue weighted by molar-refractivity contribution is -0.138. The van der Waals surface area contributed by atoms with Gasteiger partial charge in [-0.25, -0.2) is 4.39 Å². The SMILES string of the molecule is Fc1ccc(CN2CCN(c3cccnn3)CC2)c(C(F)(F)F)c1. The van der Waals surface area contributed by atoms with Crippen LogP contribution in [0.5, 0.6) is 0 Å². The Balaban J connectivity index is 1.67. The minimum absolute atomic E-state index is 0.0943. The van der Waals surface area contributed by atoms with Crippen molar-refractivity contribution in [3.05, 3.63) is 53.5 Å². The Bertz CT molecular complexity index is 682. The highest BCUT2D eigenvalue weighted by atomic mass is 19.4. The molecule has 2 heterocycles. The molecule has 0 spiro atoms. The number of anilines is 1. The van der Waals surface area contributed by atoms with Crippen molar-refractivity contribution in [2.45, 2.75) is 12.7 Å². The Labute approximate surface area is 136 Å². The minimum atomic E-state index is -4.56. The van der Waals surface area contributed by atoms with Gasteiger partial charge in [0.2, 0.25) is 0 Å². The maximum atomic E-state index is 13.2. The number of piperazine rings is 1. The Morgan fingerprint density at radius 3 is 2.42 bits per heavy atom. The van der Waals surface area contributed by atoms with Gasteiger partial charge in [0, 0.05) is 38.9 Å². The molecule has 0 N–H and O–H groups in total. The maximum absolute atomic E-state index is 13.2. The van der Waals surface area contributed by atoms with Crippen LogP contribution in [0.4, 0.5) is 23.4 Å². The van der Waals surface area contributed by atoms with E-state index in [1.54, 1.807) is 12.3 Å². The van der Waals surface area contributed by atoms with E-state index in [-0.39, 0.29) is 12.1 Å². The van der Waals surface area contributed by atoms with Gasteiger partial charge < -0.3 is 4.90 Å². The third-order valence-corrected chi connectivity index (χ3v) is 4.03. The van der Waals surface area contributed by atoms with Crippen molar-refractivity contribution in [1.82, 2.24) is 15.1 Å². The molecule has 1 aromatic heterocycles. The summed E-state index contributed by atoms with van der Waals surface area (Å²) in [6.45, 7) is 2.66. The van der Waals surface area contributed by atoms with Crippen LogP contribution in [0, 0.1) is 5.82 Å². The van der Waals surface area contributed by atoms with Crippen LogP contribution in [-0.4, -0.2) is 41.3 Å². The molecule has 4 nitrogen and oxygen atoms in total. The summed E-state index contributed by atoms with van der Waals surface area (Å²) < 4.78 is 52.3. The topological polar surface area (TPSA) is 32.3 Å². The lowest BCUT2D eigenvalue weighted by atomic mass is 10.1. The molecule has 0 amide bonds. The molecular formula is C16H16F4N4. The summed E-state index contributed by atoms with van der Waals surface area (Å²) in [4.78, 5) is 3.97. The predicted octanol–water partition coefficient (Wildman–Crippen LogP) is 2.96. The Morgan fingerprint density at radius 1 is 1.04 bits per heavy atom. The van der Waals surface area contributed by atoms with Crippen LogP contribution in [0.1, 0.15) is 11.1 Å². The van der Waals surface area contributed by atoms with E-state index in [1.165, 1.54) is 6.07 Å². The zero-order valence-electron chi connectivity index (χ0n) is 12.8. The maximum Gasteiger partial charge on any atom is 0.416 e. The first-order valence-electron chi connectivity index (χ1n) is 7.54. The fourth-order valence-corrected chi connectivity index (χ4v) is 2.79. The van der Waals surface area contributed by atoms with Crippen LogP contribution in [-0.2, 0) is 12.7 Å². The largest absolute Gasteiger partial charge is 0.416 e. The molecule has 3 rings (SSSR count). The summed E-state index contributed by atoms with van der Waals surface area (Å²) in [7, 11) is 0. The number of hydrogen-bond donors (Lipinski definition) is 0. The van der Waals surface area contributed by atoms with Crippen molar-refractivity contribution < 1.29 is 17.6 Å². The Kier molecular flexibility index (Phi) is 4.66. The fraction of sp³-hybridized carbons (Fsp3) is 0.375. The second-order valence-corrected chi connectivity index (χ2v) is 5.64. The van der Waals surface area contributed by atoms with Crippen molar-refractivity contribution in [2.75, 3.05) is 31.1 Å². The second-order valence-electron chi connectivity index (χ2n) is 5.64. The molecule has 0 radical (unpaired) electrons. The van der Waals surface area contributed by atoms with E-state index < -0.39 is 17.6 Å². The molecule has 2 aromatic rings. The lowest BCUT2D eigenvalue weighted by Crippen LogP contribution is -2.46. The molecule has 1 aliphatic heterocycles. The second kappa shape index (κ2) is 6.72. The molecule has 0 atom stereocenters. The van der Waals surface area contributed by atoms with Gasteiger partial charge in [0.25, 0.3) is 0 Å². The highest BCUT2D eigenvalue weighted by Gasteiger charge is 2.34. The number of alkyl halides is 3. The molecule has 0 bridgehead atoms. The highest BCUT2D eigenvalue weighted by Crippen LogP contribution is 2.33. The summed E-state index contributed by atoms with van der Waals surface area (Å²) in [6.07, 6.45) is -2.97. The molecule has 0 unspecified atom stereocenters. The van der Waals surface area contributed by atoms with E-state index in [0.717, 1.165) is 11.9 Å². The smallest absolute Gasteiger partial charge is 0.353 e. The van der Waals surface area contributed by atoms with Gasteiger partial charge in [-0.2, -0.15) is 18.3 Å². The number of hydrogen-bond acceptors (Lipinski definition) is 4. The first-order chi connectivity index (χ1) is 11.4. The number of halogens is 4. The average molecular weight is 340 g/mol. The van der Waals surface area contributed by atoms with Crippen LogP contribution in [0.25, 0.3) is 0 Å². The van der Waals surface area contributed by atoms with Crippen LogP contribution in [0.2, 0.25) is 0 Å². The molecule has 0 aliphatic carbocycles. The van der Waals surface area contributed by atoms with Gasteiger partial charge in [0.1, 0.15) is 5.82 Å². The van der Waals surface area contributed by atoms with Gasteiger partial charge in [-0.3, -0.25) is 4.90 Å². The Morgan fingerprint density at radius 2 is 1.79 bits per heavy atom. The monoisotopic (exact) mass is 340 g/mol. The molecule has 1 aromatic carbocycles. The van der Waals surface area contributed by atoms with Crippen LogP contribution in [0.3, 0.4) is 0 Å². The van der Waals surface area contributed by atoms with Crippen LogP contribution < -0.4 is 4.90 Å². The number of rotatable bonds is 3. The van der Waals surface area contributed by atoms with Crippen LogP contribution in [0.15, 0.2) is 36.5 Å². The highest BCUT2D eigenvalue weighted by molar-refractivity contribution is 5.37. The number of nitrogens with zero attached hydrogens (tertiary/aromatic N) is 4. The van der Waals surface area contributed by atoms with Crippen molar-refractivity contribution in [2.24, 2.45) is 0 Å². The summed E-state index contributed by atoms with van der Waals surface area (Å²) >= 11 is 0. The molecule has 8 heteroatoms. The quantitative estimate of drug-likeness (QED) is 0.804. The van der Waals surface area contributed by atoms with Crippen molar-refractivity contribution >= 4 is 5.82 Å². The molecule has 0 saturated carbocycles. The minimum Gasteiger partial charge on any atom is -0.353 e. The van der Waals surface area contributed by atoms with E-state index in [2.05, 4.69) is 10.2 Å². The number of aromatic nitrogens is 2. The third-order valence-electron chi connectivity index (χ3n) is 4.03. The first-order valence-corrected chi connectivity index (χ1v) is 7.54. The van der Waals surface area contributed by atoms with Gasteiger partial charge in [0.05, 0.1) is 5.56 Å². The van der Waals surface area contributed by atoms with Gasteiger partial charge in [-0.1, -0.05) is 6.07 Å². The average Bonchev–Trinajstić information content (AvgIpc) is 2.57. The van der Waals surface area contributed by atoms with E-state index >= 15 is 0 Å². The molecular weight excluding hydrogens is 324 g/mol. The molecule has 1 aliphatic rings. The first kappa shape index (κ1) is 16.6. The zero-order valence-corrected chi connectivity index (χ0v) is 12.8. The normalized spacial score (nSPS) is 16.4. The lowest BCUT2D eigenvalue weighted by Gasteiger charge is -2.35. The standard InChI is InChI=1S/C16H16F4N4/c17-13-4-3-12(14(10-13)16(18,19)20)11-23-6-8-24(9-7-23)15-2-1-5-21-22-15/h1-5,10H,6-9,11H2. The molecule has 1 saturated heterocycles. The van der Waals surface area contributed by atoms with Crippen molar-refractivity contribution in [3.63, 3.8) is 0 Å². The van der Waals surface area contributed by atoms with E-state index in [0.29, 0.717) is 32.2 Å². The van der Waals surface area contributed by atoms with E-state index in [4.69, 9.17) is 0 Å². The predicted molar refractivity (Wildman–Crippen MR) is 80.9 cm³/mol. The van der Waals surface area contributed by atoms with Gasteiger partial charge in [-0.05, 0) is 29.8 Å². The van der Waals surface area contributed by atoms with Gasteiger partial charge in [0.15, 0.2) is 5.82 Å². The van der Waals surface area contributed by atoms with Crippen molar-refractivity contribution in [1.29, 1.82) is 0 Å². The summed E-state index contributed by atoms with van der Waals surface area (Å²) in [5, 5.41) is 7.86. The fourth-order valence-electron chi connectivity index (χ4n) is 2.79. The van der Waals surface area contributed by atoms with E-state index in [1.807, 2.05) is 15.9 Å². The number of benzene rings is 1. The van der Waals surface area contributed by atoms with Gasteiger partial charge >= 0.3 is 6.18 Å².